The third-order valence-electron chi connectivity index (χ3n) is 5.86. The number of ether oxygens (including phenoxy) is 1. The van der Waals surface area contributed by atoms with Gasteiger partial charge in [0.25, 0.3) is 0 Å². The maximum absolute atomic E-state index is 6.64. The van der Waals surface area contributed by atoms with Gasteiger partial charge in [0, 0.05) is 17.5 Å². The second kappa shape index (κ2) is 7.42. The molecule has 1 heterocycles. The van der Waals surface area contributed by atoms with E-state index in [0.717, 1.165) is 28.9 Å². The van der Waals surface area contributed by atoms with Crippen molar-refractivity contribution in [1.29, 1.82) is 0 Å². The number of fused-ring (bicyclic) bond motifs is 5. The van der Waals surface area contributed by atoms with Gasteiger partial charge in [0.1, 0.15) is 5.69 Å². The van der Waals surface area contributed by atoms with Crippen LogP contribution in [0.3, 0.4) is 0 Å². The minimum atomic E-state index is -0.177. The first-order valence-corrected chi connectivity index (χ1v) is 10.6. The van der Waals surface area contributed by atoms with Gasteiger partial charge in [-0.25, -0.2) is 4.68 Å². The zero-order chi connectivity index (χ0) is 20.8. The van der Waals surface area contributed by atoms with E-state index in [9.17, 15) is 0 Å². The lowest BCUT2D eigenvalue weighted by Crippen LogP contribution is -2.25. The highest BCUT2D eigenvalue weighted by Crippen LogP contribution is 2.43. The maximum atomic E-state index is 6.64. The molecule has 0 bridgehead atoms. The Kier molecular flexibility index (Phi) is 5.07. The van der Waals surface area contributed by atoms with E-state index in [-0.39, 0.29) is 17.7 Å². The Morgan fingerprint density at radius 1 is 0.966 bits per heavy atom. The molecule has 0 spiro atoms. The van der Waals surface area contributed by atoms with Crippen LogP contribution in [0, 0.1) is 5.92 Å². The number of hydrogen-bond donors (Lipinski definition) is 0. The lowest BCUT2D eigenvalue weighted by atomic mass is 9.87. The normalized spacial score (nSPS) is 17.1. The van der Waals surface area contributed by atoms with E-state index in [1.807, 2.05) is 0 Å². The molecule has 0 amide bonds. The molecule has 2 atom stereocenters. The molecule has 3 aromatic rings. The van der Waals surface area contributed by atoms with Crippen LogP contribution in [-0.4, -0.2) is 21.1 Å². The van der Waals surface area contributed by atoms with Crippen LogP contribution >= 0.6 is 0 Å². The molecular formula is C25H31N3O. The fraction of sp³-hybridized carbons (Fsp3) is 0.440. The monoisotopic (exact) mass is 389 g/mol. The molecule has 2 unspecified atom stereocenters. The van der Waals surface area contributed by atoms with Crippen LogP contribution in [0.2, 0.25) is 0 Å². The molecule has 4 rings (SSSR count). The minimum absolute atomic E-state index is 0.0128. The zero-order valence-electron chi connectivity index (χ0n) is 18.3. The van der Waals surface area contributed by atoms with Crippen molar-refractivity contribution in [2.45, 2.75) is 65.7 Å². The van der Waals surface area contributed by atoms with Crippen LogP contribution in [0.1, 0.15) is 58.8 Å². The molecule has 4 heteroatoms. The van der Waals surface area contributed by atoms with Gasteiger partial charge in [-0.1, -0.05) is 67.6 Å². The fourth-order valence-electron chi connectivity index (χ4n) is 3.94. The molecular weight excluding hydrogens is 358 g/mol. The highest BCUT2D eigenvalue weighted by atomic mass is 16.5. The largest absolute Gasteiger partial charge is 0.370 e. The molecule has 0 saturated heterocycles. The maximum Gasteiger partial charge on any atom is 0.121 e. The standard InChI is InChI=1S/C25H31N3O/c1-16(2)17(3)29-22-15-18-11-7-8-12-19(18)23-24(21-14-10-9-13-20(21)22)28(27-26-23)25(4,5)6/h7-14,16-17,22H,15H2,1-6H3. The summed E-state index contributed by atoms with van der Waals surface area (Å²) in [5, 5.41) is 9.24. The van der Waals surface area contributed by atoms with Crippen molar-refractivity contribution in [3.8, 4) is 22.5 Å². The predicted molar refractivity (Wildman–Crippen MR) is 118 cm³/mol. The summed E-state index contributed by atoms with van der Waals surface area (Å²) in [6, 6.07) is 17.1. The second-order valence-corrected chi connectivity index (χ2v) is 9.39. The van der Waals surface area contributed by atoms with E-state index in [2.05, 4.69) is 105 Å². The van der Waals surface area contributed by atoms with Crippen molar-refractivity contribution in [3.05, 3.63) is 59.7 Å². The average Bonchev–Trinajstić information content (AvgIpc) is 3.11. The molecule has 0 radical (unpaired) electrons. The summed E-state index contributed by atoms with van der Waals surface area (Å²) in [6.45, 7) is 13.1. The lowest BCUT2D eigenvalue weighted by Gasteiger charge is -2.30. The van der Waals surface area contributed by atoms with Crippen LogP contribution in [0.25, 0.3) is 22.5 Å². The summed E-state index contributed by atoms with van der Waals surface area (Å²) in [4.78, 5) is 0. The van der Waals surface area contributed by atoms with Gasteiger partial charge < -0.3 is 4.74 Å². The summed E-state index contributed by atoms with van der Waals surface area (Å²) in [7, 11) is 0. The molecule has 152 valence electrons. The van der Waals surface area contributed by atoms with Gasteiger partial charge in [-0.3, -0.25) is 0 Å². The van der Waals surface area contributed by atoms with Gasteiger partial charge in [0.15, 0.2) is 0 Å². The number of hydrogen-bond acceptors (Lipinski definition) is 3. The van der Waals surface area contributed by atoms with E-state index in [0.29, 0.717) is 5.92 Å². The first-order valence-electron chi connectivity index (χ1n) is 10.6. The molecule has 0 aliphatic heterocycles. The predicted octanol–water partition coefficient (Wildman–Crippen LogP) is 6.03. The third-order valence-corrected chi connectivity index (χ3v) is 5.86. The number of aromatic nitrogens is 3. The van der Waals surface area contributed by atoms with Crippen molar-refractivity contribution < 1.29 is 4.74 Å². The minimum Gasteiger partial charge on any atom is -0.370 e. The van der Waals surface area contributed by atoms with E-state index in [1.54, 1.807) is 0 Å². The summed E-state index contributed by atoms with van der Waals surface area (Å²) in [5.74, 6) is 0.458. The highest BCUT2D eigenvalue weighted by Gasteiger charge is 2.31. The topological polar surface area (TPSA) is 39.9 Å². The molecule has 0 fully saturated rings. The van der Waals surface area contributed by atoms with Crippen LogP contribution in [0.15, 0.2) is 48.5 Å². The Morgan fingerprint density at radius 2 is 1.62 bits per heavy atom. The van der Waals surface area contributed by atoms with Crippen molar-refractivity contribution in [2.24, 2.45) is 5.92 Å². The van der Waals surface area contributed by atoms with E-state index >= 15 is 0 Å². The Hall–Kier alpha value is -2.46. The van der Waals surface area contributed by atoms with E-state index < -0.39 is 0 Å². The van der Waals surface area contributed by atoms with Crippen LogP contribution in [-0.2, 0) is 16.7 Å². The lowest BCUT2D eigenvalue weighted by molar-refractivity contribution is -0.0262. The van der Waals surface area contributed by atoms with Crippen molar-refractivity contribution >= 4 is 0 Å². The number of rotatable bonds is 3. The summed E-state index contributed by atoms with van der Waals surface area (Å²) < 4.78 is 8.70. The van der Waals surface area contributed by atoms with Gasteiger partial charge in [-0.15, -0.1) is 5.10 Å². The molecule has 4 nitrogen and oxygen atoms in total. The van der Waals surface area contributed by atoms with Gasteiger partial charge >= 0.3 is 0 Å². The summed E-state index contributed by atoms with van der Waals surface area (Å²) in [6.07, 6.45) is 0.984. The van der Waals surface area contributed by atoms with Gasteiger partial charge in [-0.05, 0) is 44.7 Å². The van der Waals surface area contributed by atoms with Crippen LogP contribution < -0.4 is 0 Å². The van der Waals surface area contributed by atoms with E-state index in [1.165, 1.54) is 11.1 Å². The van der Waals surface area contributed by atoms with Crippen molar-refractivity contribution in [3.63, 3.8) is 0 Å². The van der Waals surface area contributed by atoms with Gasteiger partial charge in [-0.2, -0.15) is 0 Å². The fourth-order valence-corrected chi connectivity index (χ4v) is 3.94. The molecule has 29 heavy (non-hydrogen) atoms. The third kappa shape index (κ3) is 3.62. The average molecular weight is 390 g/mol. The first-order chi connectivity index (χ1) is 13.8. The number of benzene rings is 2. The van der Waals surface area contributed by atoms with Crippen LogP contribution in [0.5, 0.6) is 0 Å². The van der Waals surface area contributed by atoms with Gasteiger partial charge in [0.05, 0.1) is 23.4 Å². The summed E-state index contributed by atoms with van der Waals surface area (Å²) >= 11 is 0. The first kappa shape index (κ1) is 19.8. The zero-order valence-corrected chi connectivity index (χ0v) is 18.3. The van der Waals surface area contributed by atoms with Crippen molar-refractivity contribution in [2.75, 3.05) is 0 Å². The Morgan fingerprint density at radius 3 is 2.31 bits per heavy atom. The Labute approximate surface area is 173 Å². The Balaban J connectivity index is 1.99. The SMILES string of the molecule is CC(C)C(C)OC1Cc2ccccc2-c2nnn(C(C)(C)C)c2-c2ccccc21. The molecule has 0 saturated carbocycles. The molecule has 2 aromatic carbocycles. The van der Waals surface area contributed by atoms with Crippen molar-refractivity contribution in [1.82, 2.24) is 15.0 Å². The number of nitrogens with zero attached hydrogens (tertiary/aromatic N) is 3. The molecule has 0 N–H and O–H groups in total. The van der Waals surface area contributed by atoms with Gasteiger partial charge in [0.2, 0.25) is 0 Å². The summed E-state index contributed by atoms with van der Waals surface area (Å²) in [5.41, 5.74) is 6.64. The molecule has 1 aliphatic carbocycles. The Bertz CT molecular complexity index is 1010. The quantitative estimate of drug-likeness (QED) is 0.549. The van der Waals surface area contributed by atoms with E-state index in [4.69, 9.17) is 4.74 Å². The smallest absolute Gasteiger partial charge is 0.121 e. The highest BCUT2D eigenvalue weighted by molar-refractivity contribution is 5.82. The second-order valence-electron chi connectivity index (χ2n) is 9.39. The molecule has 1 aromatic heterocycles. The van der Waals surface area contributed by atoms with Crippen LogP contribution in [0.4, 0.5) is 0 Å². The molecule has 1 aliphatic rings.